The molecule has 1 amide bonds. The third-order valence-corrected chi connectivity index (χ3v) is 6.58. The van der Waals surface area contributed by atoms with Gasteiger partial charge in [0.2, 0.25) is 5.91 Å². The van der Waals surface area contributed by atoms with Crippen LogP contribution >= 0.6 is 0 Å². The van der Waals surface area contributed by atoms with E-state index in [4.69, 9.17) is 0 Å². The smallest absolute Gasteiger partial charge is 0.266 e. The number of amides is 1. The molecule has 32 heavy (non-hydrogen) atoms. The Kier molecular flexibility index (Phi) is 4.66. The number of rotatable bonds is 4. The summed E-state index contributed by atoms with van der Waals surface area (Å²) in [7, 11) is -4.36. The predicted octanol–water partition coefficient (Wildman–Crippen LogP) is 3.97. The van der Waals surface area contributed by atoms with Crippen molar-refractivity contribution in [2.45, 2.75) is 17.7 Å². The first-order valence-corrected chi connectivity index (χ1v) is 11.2. The summed E-state index contributed by atoms with van der Waals surface area (Å²) in [5, 5.41) is 2.55. The highest BCUT2D eigenvalue weighted by atomic mass is 32.2. The molecule has 1 aliphatic heterocycles. The molecule has 7 nitrogen and oxygen atoms in total. The first-order chi connectivity index (χ1) is 15.3. The maximum absolute atomic E-state index is 14.8. The summed E-state index contributed by atoms with van der Waals surface area (Å²) in [5.41, 5.74) is 2.01. The van der Waals surface area contributed by atoms with Crippen LogP contribution in [0.4, 0.5) is 20.3 Å². The molecule has 2 N–H and O–H groups in total. The van der Waals surface area contributed by atoms with Gasteiger partial charge >= 0.3 is 0 Å². The Labute approximate surface area is 181 Å². The van der Waals surface area contributed by atoms with Crippen molar-refractivity contribution >= 4 is 33.1 Å². The average Bonchev–Trinajstić information content (AvgIpc) is 3.11. The number of aryl methyl sites for hydroxylation is 1. The van der Waals surface area contributed by atoms with Crippen molar-refractivity contribution in [3.05, 3.63) is 78.0 Å². The fourth-order valence-corrected chi connectivity index (χ4v) is 4.84. The first kappa shape index (κ1) is 20.1. The van der Waals surface area contributed by atoms with E-state index in [0.717, 1.165) is 6.07 Å². The van der Waals surface area contributed by atoms with Gasteiger partial charge in [-0.25, -0.2) is 22.2 Å². The number of halogens is 2. The molecule has 0 saturated heterocycles. The Bertz CT molecular complexity index is 1480. The minimum absolute atomic E-state index is 0.0950. The maximum Gasteiger partial charge on any atom is 0.266 e. The van der Waals surface area contributed by atoms with Gasteiger partial charge in [0.15, 0.2) is 5.82 Å². The number of fused-ring (bicyclic) bond motifs is 2. The van der Waals surface area contributed by atoms with Crippen molar-refractivity contribution in [1.82, 2.24) is 9.38 Å². The molecule has 0 aliphatic carbocycles. The second-order valence-electron chi connectivity index (χ2n) is 7.34. The second-order valence-corrected chi connectivity index (χ2v) is 8.99. The monoisotopic (exact) mass is 454 g/mol. The van der Waals surface area contributed by atoms with Crippen molar-refractivity contribution in [2.24, 2.45) is 0 Å². The summed E-state index contributed by atoms with van der Waals surface area (Å²) in [6, 6.07) is 12.8. The number of carbonyl (C=O) groups excluding carboxylic acids is 1. The largest absolute Gasteiger partial charge is 0.326 e. The quantitative estimate of drug-likeness (QED) is 0.488. The molecule has 3 heterocycles. The summed E-state index contributed by atoms with van der Waals surface area (Å²) in [5.74, 6) is -1.59. The Morgan fingerprint density at radius 2 is 1.81 bits per heavy atom. The summed E-state index contributed by atoms with van der Waals surface area (Å²) < 4.78 is 58.6. The zero-order chi connectivity index (χ0) is 22.5. The summed E-state index contributed by atoms with van der Waals surface area (Å²) in [6.07, 6.45) is 2.11. The number of sulfonamides is 1. The lowest BCUT2D eigenvalue weighted by Crippen LogP contribution is -2.21. The van der Waals surface area contributed by atoms with Crippen LogP contribution in [0.3, 0.4) is 0 Å². The van der Waals surface area contributed by atoms with Crippen LogP contribution in [-0.2, 0) is 21.2 Å². The maximum atomic E-state index is 14.8. The highest BCUT2D eigenvalue weighted by Crippen LogP contribution is 2.33. The van der Waals surface area contributed by atoms with E-state index < -0.39 is 26.6 Å². The number of carbonyl (C=O) groups is 1. The summed E-state index contributed by atoms with van der Waals surface area (Å²) in [6.45, 7) is 0. The van der Waals surface area contributed by atoms with Crippen molar-refractivity contribution < 1.29 is 22.0 Å². The van der Waals surface area contributed by atoms with Crippen LogP contribution < -0.4 is 10.0 Å². The number of hydrogen-bond donors (Lipinski definition) is 2. The lowest BCUT2D eigenvalue weighted by atomic mass is 10.0. The van der Waals surface area contributed by atoms with Crippen molar-refractivity contribution in [2.75, 3.05) is 10.0 Å². The fourth-order valence-electron chi connectivity index (χ4n) is 3.67. The number of nitrogens with zero attached hydrogens (tertiary/aromatic N) is 2. The van der Waals surface area contributed by atoms with Crippen molar-refractivity contribution in [1.29, 1.82) is 0 Å². The molecule has 0 unspecified atom stereocenters. The topological polar surface area (TPSA) is 92.6 Å². The molecule has 1 aliphatic rings. The molecule has 0 atom stereocenters. The van der Waals surface area contributed by atoms with Gasteiger partial charge in [-0.05, 0) is 60.5 Å². The van der Waals surface area contributed by atoms with Crippen LogP contribution in [0.25, 0.3) is 16.9 Å². The minimum Gasteiger partial charge on any atom is -0.326 e. The standard InChI is InChI=1S/C22H16F2N4O3S/c23-15-7-4-13(5-8-15)21-22(28-10-2-1-3-19(28)26-21)27-32(30,31)18-11-14-6-9-20(29)25-17(14)12-16(18)24/h1-5,7-8,10-12,27H,6,9H2,(H,25,29). The lowest BCUT2D eigenvalue weighted by Gasteiger charge is -2.18. The molecule has 0 fully saturated rings. The van der Waals surface area contributed by atoms with Crippen molar-refractivity contribution in [3.8, 4) is 11.3 Å². The van der Waals surface area contributed by atoms with Gasteiger partial charge in [-0.1, -0.05) is 6.07 Å². The van der Waals surface area contributed by atoms with Gasteiger partial charge in [-0.15, -0.1) is 0 Å². The molecule has 2 aromatic carbocycles. The summed E-state index contributed by atoms with van der Waals surface area (Å²) in [4.78, 5) is 15.5. The van der Waals surface area contributed by atoms with Crippen LogP contribution in [0, 0.1) is 11.6 Å². The number of nitrogens with one attached hydrogen (secondary N) is 2. The third kappa shape index (κ3) is 3.48. The third-order valence-electron chi connectivity index (χ3n) is 5.22. The fraction of sp³-hybridized carbons (Fsp3) is 0.0909. The molecule has 10 heteroatoms. The van der Waals surface area contributed by atoms with Gasteiger partial charge in [0.25, 0.3) is 10.0 Å². The first-order valence-electron chi connectivity index (χ1n) is 9.70. The van der Waals surface area contributed by atoms with Gasteiger partial charge in [-0.3, -0.25) is 13.9 Å². The molecule has 2 aromatic heterocycles. The van der Waals surface area contributed by atoms with E-state index in [9.17, 15) is 22.0 Å². The zero-order valence-corrected chi connectivity index (χ0v) is 17.3. The molecule has 0 saturated carbocycles. The van der Waals surface area contributed by atoms with Crippen LogP contribution in [0.5, 0.6) is 0 Å². The lowest BCUT2D eigenvalue weighted by molar-refractivity contribution is -0.116. The molecular formula is C22H16F2N4O3S. The second kappa shape index (κ2) is 7.41. The van der Waals surface area contributed by atoms with E-state index in [0.29, 0.717) is 23.2 Å². The zero-order valence-electron chi connectivity index (χ0n) is 16.5. The van der Waals surface area contributed by atoms with Crippen LogP contribution in [-0.4, -0.2) is 23.7 Å². The number of imidazole rings is 1. The highest BCUT2D eigenvalue weighted by Gasteiger charge is 2.27. The minimum atomic E-state index is -4.36. The molecule has 4 aromatic rings. The van der Waals surface area contributed by atoms with Gasteiger partial charge in [0.05, 0.1) is 0 Å². The van der Waals surface area contributed by atoms with Gasteiger partial charge in [-0.2, -0.15) is 0 Å². The molecular weight excluding hydrogens is 438 g/mol. The summed E-state index contributed by atoms with van der Waals surface area (Å²) >= 11 is 0. The molecule has 5 rings (SSSR count). The van der Waals surface area contributed by atoms with E-state index in [2.05, 4.69) is 15.0 Å². The van der Waals surface area contributed by atoms with Crippen LogP contribution in [0.15, 0.2) is 65.7 Å². The molecule has 0 spiro atoms. The molecule has 0 bridgehead atoms. The SMILES string of the molecule is O=C1CCc2cc(S(=O)(=O)Nc3c(-c4ccc(F)cc4)nc4ccccn34)c(F)cc2N1. The number of anilines is 2. The molecule has 162 valence electrons. The molecule has 0 radical (unpaired) electrons. The van der Waals surface area contributed by atoms with Gasteiger partial charge < -0.3 is 5.32 Å². The van der Waals surface area contributed by atoms with Crippen LogP contribution in [0.1, 0.15) is 12.0 Å². The van der Waals surface area contributed by atoms with Crippen LogP contribution in [0.2, 0.25) is 0 Å². The van der Waals surface area contributed by atoms with E-state index in [1.165, 1.54) is 34.7 Å². The highest BCUT2D eigenvalue weighted by molar-refractivity contribution is 7.92. The Morgan fingerprint density at radius 1 is 1.03 bits per heavy atom. The number of aromatic nitrogens is 2. The number of hydrogen-bond acceptors (Lipinski definition) is 4. The Balaban J connectivity index is 1.62. The Morgan fingerprint density at radius 3 is 2.59 bits per heavy atom. The van der Waals surface area contributed by atoms with Gasteiger partial charge in [0.1, 0.15) is 27.9 Å². The number of pyridine rings is 1. The Hall–Kier alpha value is -3.79. The van der Waals surface area contributed by atoms with E-state index in [1.54, 1.807) is 24.4 Å². The van der Waals surface area contributed by atoms with E-state index >= 15 is 0 Å². The van der Waals surface area contributed by atoms with E-state index in [-0.39, 0.29) is 29.5 Å². The van der Waals surface area contributed by atoms with E-state index in [1.807, 2.05) is 0 Å². The van der Waals surface area contributed by atoms with Gasteiger partial charge in [0, 0.05) is 23.9 Å². The number of benzene rings is 2. The van der Waals surface area contributed by atoms with Crippen molar-refractivity contribution in [3.63, 3.8) is 0 Å². The normalized spacial score (nSPS) is 13.6. The predicted molar refractivity (Wildman–Crippen MR) is 115 cm³/mol. The average molecular weight is 454 g/mol.